The number of carbonyl (C=O) groups is 3. The first-order valence-electron chi connectivity index (χ1n) is 10.8. The van der Waals surface area contributed by atoms with Gasteiger partial charge in [-0.25, -0.2) is 4.79 Å². The highest BCUT2D eigenvalue weighted by molar-refractivity contribution is 5.99. The van der Waals surface area contributed by atoms with Gasteiger partial charge in [0.15, 0.2) is 5.78 Å². The van der Waals surface area contributed by atoms with Crippen molar-refractivity contribution in [3.05, 3.63) is 35.9 Å². The van der Waals surface area contributed by atoms with E-state index in [-0.39, 0.29) is 12.5 Å². The van der Waals surface area contributed by atoms with Crippen LogP contribution in [0.5, 0.6) is 0 Å². The van der Waals surface area contributed by atoms with Crippen molar-refractivity contribution in [1.82, 2.24) is 5.32 Å². The lowest BCUT2D eigenvalue weighted by molar-refractivity contribution is -0.156. The summed E-state index contributed by atoms with van der Waals surface area (Å²) in [5.41, 5.74) is -0.281. The van der Waals surface area contributed by atoms with Crippen LogP contribution in [-0.2, 0) is 25.7 Å². The number of carbonyl (C=O) groups excluding carboxylic acids is 3. The number of amides is 1. The van der Waals surface area contributed by atoms with Crippen LogP contribution in [0.25, 0.3) is 0 Å². The Balaban J connectivity index is 2.03. The van der Waals surface area contributed by atoms with Crippen LogP contribution in [-0.4, -0.2) is 36.2 Å². The van der Waals surface area contributed by atoms with Crippen molar-refractivity contribution < 1.29 is 28.2 Å². The number of ether oxygens (including phenoxy) is 2. The van der Waals surface area contributed by atoms with E-state index in [2.05, 4.69) is 5.32 Å². The Bertz CT molecular complexity index is 751. The second-order valence-corrected chi connectivity index (χ2v) is 9.69. The number of Topliss-reactive ketones (excluding diaryl/α,β-unsaturated/α-hetero) is 1. The fraction of sp³-hybridized carbons (Fsp3) is 0.625. The van der Waals surface area contributed by atoms with Gasteiger partial charge in [0.05, 0.1) is 12.7 Å². The van der Waals surface area contributed by atoms with Gasteiger partial charge in [-0.2, -0.15) is 0 Å². The van der Waals surface area contributed by atoms with Crippen molar-refractivity contribution in [3.8, 4) is 0 Å². The number of hydrogen-bond donors (Lipinski definition) is 1. The van der Waals surface area contributed by atoms with E-state index in [9.17, 15) is 18.8 Å². The van der Waals surface area contributed by atoms with E-state index in [0.29, 0.717) is 25.7 Å². The third kappa shape index (κ3) is 8.31. The minimum atomic E-state index is -0.875. The van der Waals surface area contributed by atoms with E-state index in [1.807, 2.05) is 37.3 Å². The van der Waals surface area contributed by atoms with Crippen molar-refractivity contribution in [2.75, 3.05) is 6.67 Å². The Morgan fingerprint density at radius 1 is 1.16 bits per heavy atom. The number of esters is 1. The average molecular weight is 436 g/mol. The van der Waals surface area contributed by atoms with E-state index in [1.165, 1.54) is 0 Å². The fourth-order valence-corrected chi connectivity index (χ4v) is 3.79. The van der Waals surface area contributed by atoms with Gasteiger partial charge in [-0.1, -0.05) is 37.3 Å². The number of hydrogen-bond acceptors (Lipinski definition) is 5. The molecular formula is C24H34FNO5. The second kappa shape index (κ2) is 10.7. The molecule has 31 heavy (non-hydrogen) atoms. The average Bonchev–Trinajstić information content (AvgIpc) is 2.70. The first kappa shape index (κ1) is 24.8. The molecule has 172 valence electrons. The quantitative estimate of drug-likeness (QED) is 0.471. The number of ketones is 1. The predicted octanol–water partition coefficient (Wildman–Crippen LogP) is 4.75. The summed E-state index contributed by atoms with van der Waals surface area (Å²) in [6.45, 7) is 6.73. The van der Waals surface area contributed by atoms with Crippen LogP contribution in [0.2, 0.25) is 0 Å². The van der Waals surface area contributed by atoms with Crippen LogP contribution in [0.1, 0.15) is 65.4 Å². The van der Waals surface area contributed by atoms with E-state index in [0.717, 1.165) is 5.56 Å². The standard InChI is InChI=1S/C24H34FNO5/c1-23(2,3)31-20(28)14-19(27)21(18-10-12-24(4,16-25)13-11-18)26-22(29)30-15-17-8-6-5-7-9-17/h5-9,18,21H,10-16H2,1-4H3,(H,26,29). The molecule has 1 fully saturated rings. The van der Waals surface area contributed by atoms with Crippen LogP contribution in [0.4, 0.5) is 9.18 Å². The lowest BCUT2D eigenvalue weighted by atomic mass is 9.70. The Hall–Kier alpha value is -2.44. The molecular weight excluding hydrogens is 401 g/mol. The highest BCUT2D eigenvalue weighted by Crippen LogP contribution is 2.40. The minimum Gasteiger partial charge on any atom is -0.460 e. The van der Waals surface area contributed by atoms with Gasteiger partial charge in [0.25, 0.3) is 0 Å². The first-order chi connectivity index (χ1) is 14.5. The van der Waals surface area contributed by atoms with Gasteiger partial charge >= 0.3 is 12.1 Å². The smallest absolute Gasteiger partial charge is 0.408 e. The Morgan fingerprint density at radius 3 is 2.32 bits per heavy atom. The van der Waals surface area contributed by atoms with Crippen molar-refractivity contribution >= 4 is 17.8 Å². The summed E-state index contributed by atoms with van der Waals surface area (Å²) < 4.78 is 23.9. The highest BCUT2D eigenvalue weighted by Gasteiger charge is 2.38. The molecule has 1 unspecified atom stereocenters. The fourth-order valence-electron chi connectivity index (χ4n) is 3.79. The molecule has 0 bridgehead atoms. The SMILES string of the molecule is CC1(CF)CCC(C(NC(=O)OCc2ccccc2)C(=O)CC(=O)OC(C)(C)C)CC1. The lowest BCUT2D eigenvalue weighted by Crippen LogP contribution is -2.48. The van der Waals surface area contributed by atoms with Gasteiger partial charge in [0.1, 0.15) is 18.6 Å². The zero-order chi connectivity index (χ0) is 23.1. The molecule has 0 radical (unpaired) electrons. The van der Waals surface area contributed by atoms with E-state index in [1.54, 1.807) is 20.8 Å². The van der Waals surface area contributed by atoms with E-state index < -0.39 is 48.0 Å². The van der Waals surface area contributed by atoms with Crippen molar-refractivity contribution in [1.29, 1.82) is 0 Å². The molecule has 1 aromatic rings. The summed E-state index contributed by atoms with van der Waals surface area (Å²) in [5.74, 6) is -1.23. The highest BCUT2D eigenvalue weighted by atomic mass is 19.1. The molecule has 7 heteroatoms. The van der Waals surface area contributed by atoms with Crippen LogP contribution in [0.3, 0.4) is 0 Å². The monoisotopic (exact) mass is 435 g/mol. The molecule has 0 saturated heterocycles. The predicted molar refractivity (Wildman–Crippen MR) is 115 cm³/mol. The van der Waals surface area contributed by atoms with Crippen molar-refractivity contribution in [3.63, 3.8) is 0 Å². The number of alkyl carbamates (subject to hydrolysis) is 1. The third-order valence-electron chi connectivity index (χ3n) is 5.60. The lowest BCUT2D eigenvalue weighted by Gasteiger charge is -2.38. The largest absolute Gasteiger partial charge is 0.460 e. The topological polar surface area (TPSA) is 81.7 Å². The molecule has 0 aromatic heterocycles. The number of rotatable bonds is 8. The Morgan fingerprint density at radius 2 is 1.77 bits per heavy atom. The van der Waals surface area contributed by atoms with Crippen LogP contribution < -0.4 is 5.32 Å². The van der Waals surface area contributed by atoms with Crippen LogP contribution >= 0.6 is 0 Å². The summed E-state index contributed by atoms with van der Waals surface area (Å²) in [6.07, 6.45) is 1.26. The van der Waals surface area contributed by atoms with Crippen molar-refractivity contribution in [2.45, 2.75) is 78.0 Å². The van der Waals surface area contributed by atoms with Crippen LogP contribution in [0, 0.1) is 11.3 Å². The third-order valence-corrected chi connectivity index (χ3v) is 5.60. The molecule has 0 spiro atoms. The van der Waals surface area contributed by atoms with Crippen LogP contribution in [0.15, 0.2) is 30.3 Å². The van der Waals surface area contributed by atoms with Gasteiger partial charge in [0.2, 0.25) is 0 Å². The summed E-state index contributed by atoms with van der Waals surface area (Å²) >= 11 is 0. The van der Waals surface area contributed by atoms with E-state index >= 15 is 0 Å². The number of nitrogens with one attached hydrogen (secondary N) is 1. The summed E-state index contributed by atoms with van der Waals surface area (Å²) in [6, 6.07) is 8.33. The molecule has 1 atom stereocenters. The van der Waals surface area contributed by atoms with Gasteiger partial charge in [-0.3, -0.25) is 14.0 Å². The number of benzene rings is 1. The maximum atomic E-state index is 13.3. The molecule has 1 N–H and O–H groups in total. The molecule has 1 amide bonds. The molecule has 2 rings (SSSR count). The van der Waals surface area contributed by atoms with Gasteiger partial charge in [0, 0.05) is 0 Å². The molecule has 1 aromatic carbocycles. The van der Waals surface area contributed by atoms with Crippen molar-refractivity contribution in [2.24, 2.45) is 11.3 Å². The summed E-state index contributed by atoms with van der Waals surface area (Å²) in [7, 11) is 0. The van der Waals surface area contributed by atoms with Gasteiger partial charge in [-0.15, -0.1) is 0 Å². The summed E-state index contributed by atoms with van der Waals surface area (Å²) in [4.78, 5) is 37.5. The molecule has 1 aliphatic rings. The maximum Gasteiger partial charge on any atom is 0.408 e. The minimum absolute atomic E-state index is 0.0736. The summed E-state index contributed by atoms with van der Waals surface area (Å²) in [5, 5.41) is 2.66. The zero-order valence-electron chi connectivity index (χ0n) is 18.9. The molecule has 1 saturated carbocycles. The van der Waals surface area contributed by atoms with E-state index in [4.69, 9.17) is 9.47 Å². The Kier molecular flexibility index (Phi) is 8.60. The first-order valence-corrected chi connectivity index (χ1v) is 10.8. The van der Waals surface area contributed by atoms with Gasteiger partial charge < -0.3 is 14.8 Å². The number of halogens is 1. The molecule has 1 aliphatic carbocycles. The number of alkyl halides is 1. The molecule has 6 nitrogen and oxygen atoms in total. The zero-order valence-corrected chi connectivity index (χ0v) is 18.9. The maximum absolute atomic E-state index is 13.3. The molecule has 0 heterocycles. The molecule has 0 aliphatic heterocycles. The van der Waals surface area contributed by atoms with Gasteiger partial charge in [-0.05, 0) is 63.4 Å². The second-order valence-electron chi connectivity index (χ2n) is 9.69. The Labute approximate surface area is 183 Å². The normalized spacial score (nSPS) is 22.3.